The maximum atomic E-state index is 10.1. The van der Waals surface area contributed by atoms with E-state index >= 15 is 0 Å². The van der Waals surface area contributed by atoms with E-state index in [2.05, 4.69) is 31.3 Å². The van der Waals surface area contributed by atoms with E-state index in [4.69, 9.17) is 0 Å². The molecule has 16 heteroatoms. The van der Waals surface area contributed by atoms with Crippen LogP contribution in [0.5, 0.6) is 0 Å². The van der Waals surface area contributed by atoms with Gasteiger partial charge in [0, 0.05) is 0 Å². The van der Waals surface area contributed by atoms with Gasteiger partial charge in [-0.15, -0.1) is 10.2 Å². The zero-order valence-corrected chi connectivity index (χ0v) is 9.29. The van der Waals surface area contributed by atoms with Crippen molar-refractivity contribution in [3.8, 4) is 0 Å². The topological polar surface area (TPSA) is 184 Å². The summed E-state index contributed by atoms with van der Waals surface area (Å²) < 4.78 is 0. The molecule has 0 fully saturated rings. The zero-order valence-electron chi connectivity index (χ0n) is 9.29. The number of hydrazine groups is 4. The minimum Gasteiger partial charge on any atom is -0.362 e. The van der Waals surface area contributed by atoms with Crippen LogP contribution < -0.4 is 22.0 Å². The van der Waals surface area contributed by atoms with Gasteiger partial charge in [0.1, 0.15) is 12.4 Å². The van der Waals surface area contributed by atoms with Gasteiger partial charge in [-0.3, -0.25) is 0 Å². The first-order valence-electron chi connectivity index (χ1n) is 4.63. The highest BCUT2D eigenvalue weighted by Crippen LogP contribution is 2.07. The Morgan fingerprint density at radius 2 is 1.40 bits per heavy atom. The number of hydrogen-bond acceptors (Lipinski definition) is 10. The summed E-state index contributed by atoms with van der Waals surface area (Å²) in [7, 11) is 0. The summed E-state index contributed by atoms with van der Waals surface area (Å²) >= 11 is 0. The van der Waals surface area contributed by atoms with Crippen molar-refractivity contribution < 1.29 is 19.7 Å². The van der Waals surface area contributed by atoms with Gasteiger partial charge in [-0.05, 0) is 21.6 Å². The van der Waals surface area contributed by atoms with Gasteiger partial charge >= 0.3 is 0 Å². The van der Waals surface area contributed by atoms with Crippen LogP contribution in [0.3, 0.4) is 0 Å². The Morgan fingerprint density at radius 3 is 1.75 bits per heavy atom. The number of hydrogen-bond donors (Lipinski definition) is 4. The largest absolute Gasteiger partial charge is 0.362 e. The van der Waals surface area contributed by atoms with E-state index < -0.39 is 10.1 Å². The lowest BCUT2D eigenvalue weighted by atomic mass is 10.8. The molecule has 2 rings (SSSR count). The smallest absolute Gasteiger partial charge is 0.294 e. The number of nitrogens with one attached hydrogen (secondary N) is 4. The fraction of sp³-hybridized carbons (Fsp3) is 0. The lowest BCUT2D eigenvalue weighted by molar-refractivity contribution is -0.541. The molecule has 0 aromatic rings. The third kappa shape index (κ3) is 3.54. The van der Waals surface area contributed by atoms with Gasteiger partial charge in [-0.2, -0.15) is 0 Å². The van der Waals surface area contributed by atoms with E-state index in [9.17, 15) is 20.2 Å². The monoisotopic (exact) mass is 290 g/mol. The molecule has 2 heterocycles. The van der Waals surface area contributed by atoms with Crippen LogP contribution in [0.2, 0.25) is 0 Å². The van der Waals surface area contributed by atoms with Crippen LogP contribution in [-0.2, 0) is 9.68 Å². The van der Waals surface area contributed by atoms with Crippen molar-refractivity contribution in [3.05, 3.63) is 44.4 Å². The molecule has 0 saturated carbocycles. The molecule has 0 saturated heterocycles. The Bertz CT molecular complexity index is 456. The van der Waals surface area contributed by atoms with E-state index in [1.807, 2.05) is 0 Å². The molecule has 2 aliphatic heterocycles. The molecule has 0 bridgehead atoms. The van der Waals surface area contributed by atoms with Crippen LogP contribution in [0.1, 0.15) is 0 Å². The van der Waals surface area contributed by atoms with Crippen LogP contribution >= 0.6 is 0 Å². The van der Waals surface area contributed by atoms with Gasteiger partial charge in [0.2, 0.25) is 0 Å². The standard InChI is InChI=1S/C4H6N10O6/c15-13(16)5-3-1-11(9-19-3)7-8-12-2-4(20-10-12)6-14(17)18/h1-2,5-6,9-10H. The van der Waals surface area contributed by atoms with Gasteiger partial charge in [0.25, 0.3) is 11.8 Å². The van der Waals surface area contributed by atoms with Gasteiger partial charge < -0.3 is 9.68 Å². The van der Waals surface area contributed by atoms with Crippen molar-refractivity contribution in [1.82, 2.24) is 32.3 Å². The van der Waals surface area contributed by atoms with Crippen molar-refractivity contribution in [2.75, 3.05) is 0 Å². The quantitative estimate of drug-likeness (QED) is 0.238. The van der Waals surface area contributed by atoms with E-state index in [1.165, 1.54) is 0 Å². The van der Waals surface area contributed by atoms with Gasteiger partial charge in [-0.25, -0.2) is 20.2 Å². The molecule has 0 spiro atoms. The highest BCUT2D eigenvalue weighted by molar-refractivity contribution is 4.89. The van der Waals surface area contributed by atoms with Crippen molar-refractivity contribution in [2.24, 2.45) is 10.4 Å². The maximum Gasteiger partial charge on any atom is 0.294 e. The molecule has 20 heavy (non-hydrogen) atoms. The van der Waals surface area contributed by atoms with Crippen molar-refractivity contribution in [1.29, 1.82) is 0 Å². The molecule has 0 atom stereocenters. The van der Waals surface area contributed by atoms with Crippen molar-refractivity contribution in [2.45, 2.75) is 0 Å². The number of nitrogens with zero attached hydrogens (tertiary/aromatic N) is 6. The first-order valence-corrected chi connectivity index (χ1v) is 4.63. The summed E-state index contributed by atoms with van der Waals surface area (Å²) in [6, 6.07) is 0. The van der Waals surface area contributed by atoms with Crippen molar-refractivity contribution in [3.63, 3.8) is 0 Å². The third-order valence-electron chi connectivity index (χ3n) is 1.61. The van der Waals surface area contributed by atoms with Crippen LogP contribution in [0, 0.1) is 20.2 Å². The Balaban J connectivity index is 1.85. The molecule has 0 aliphatic carbocycles. The van der Waals surface area contributed by atoms with Gasteiger partial charge in [0.15, 0.2) is 10.1 Å². The predicted octanol–water partition coefficient (Wildman–Crippen LogP) is -2.07. The normalized spacial score (nSPS) is 17.4. The molecule has 0 unspecified atom stereocenters. The summed E-state index contributed by atoms with van der Waals surface area (Å²) in [6.07, 6.45) is 2.17. The summed E-state index contributed by atoms with van der Waals surface area (Å²) in [6.45, 7) is 0. The lowest BCUT2D eigenvalue weighted by Crippen LogP contribution is -2.27. The molecule has 0 radical (unpaired) electrons. The number of rotatable bonds is 6. The van der Waals surface area contributed by atoms with Gasteiger partial charge in [-0.1, -0.05) is 10.9 Å². The Kier molecular flexibility index (Phi) is 3.58. The molecule has 2 aliphatic rings. The predicted molar refractivity (Wildman–Crippen MR) is 53.4 cm³/mol. The second kappa shape index (κ2) is 5.49. The summed E-state index contributed by atoms with van der Waals surface area (Å²) in [4.78, 5) is 29.5. The van der Waals surface area contributed by atoms with Crippen LogP contribution in [0.25, 0.3) is 0 Å². The second-order valence-electron chi connectivity index (χ2n) is 2.98. The summed E-state index contributed by atoms with van der Waals surface area (Å²) in [5.41, 5.74) is 7.77. The minimum atomic E-state index is -0.831. The van der Waals surface area contributed by atoms with Crippen molar-refractivity contribution >= 4 is 0 Å². The minimum absolute atomic E-state index is 0.217. The Morgan fingerprint density at radius 1 is 1.00 bits per heavy atom. The number of nitro groups is 2. The highest BCUT2D eigenvalue weighted by Gasteiger charge is 2.19. The van der Waals surface area contributed by atoms with E-state index in [0.717, 1.165) is 22.6 Å². The first kappa shape index (κ1) is 13.0. The Labute approximate surface area is 108 Å². The Hall–Kier alpha value is -3.40. The fourth-order valence-electron chi connectivity index (χ4n) is 0.977. The first-order chi connectivity index (χ1) is 9.52. The molecule has 0 amide bonds. The average molecular weight is 290 g/mol. The van der Waals surface area contributed by atoms with E-state index in [-0.39, 0.29) is 11.8 Å². The lowest BCUT2D eigenvalue weighted by Gasteiger charge is -2.06. The molecular formula is C4H6N10O6. The van der Waals surface area contributed by atoms with Crippen LogP contribution in [-0.4, -0.2) is 20.3 Å². The fourth-order valence-corrected chi connectivity index (χ4v) is 0.977. The molecule has 108 valence electrons. The zero-order chi connectivity index (χ0) is 14.5. The SMILES string of the molecule is O=[N+]([O-])NC1=CN(N=NN2C=C(N[N+](=O)[O-])ON2)NO1. The summed E-state index contributed by atoms with van der Waals surface area (Å²) in [5, 5.41) is 27.4. The molecule has 0 aromatic carbocycles. The van der Waals surface area contributed by atoms with Crippen LogP contribution in [0.4, 0.5) is 0 Å². The van der Waals surface area contributed by atoms with Crippen LogP contribution in [0.15, 0.2) is 34.6 Å². The molecular weight excluding hydrogens is 284 g/mol. The second-order valence-corrected chi connectivity index (χ2v) is 2.98. The molecule has 4 N–H and O–H groups in total. The average Bonchev–Trinajstić information content (AvgIpc) is 2.94. The van der Waals surface area contributed by atoms with Gasteiger partial charge in [0.05, 0.1) is 0 Å². The highest BCUT2D eigenvalue weighted by atomic mass is 16.7. The van der Waals surface area contributed by atoms with E-state index in [1.54, 1.807) is 10.9 Å². The van der Waals surface area contributed by atoms with E-state index in [0.29, 0.717) is 0 Å². The summed E-state index contributed by atoms with van der Waals surface area (Å²) in [5.74, 6) is -0.434. The molecule has 16 nitrogen and oxygen atoms in total. The molecule has 0 aromatic heterocycles. The third-order valence-corrected chi connectivity index (χ3v) is 1.61. The maximum absolute atomic E-state index is 10.1.